The summed E-state index contributed by atoms with van der Waals surface area (Å²) in [5.41, 5.74) is 8.54. The van der Waals surface area contributed by atoms with E-state index >= 15 is 0 Å². The van der Waals surface area contributed by atoms with Crippen LogP contribution in [0.15, 0.2) is 24.3 Å². The zero-order chi connectivity index (χ0) is 12.0. The average Bonchev–Trinajstić information content (AvgIpc) is 2.21. The molecule has 0 saturated carbocycles. The zero-order valence-corrected chi connectivity index (χ0v) is 10.7. The van der Waals surface area contributed by atoms with E-state index in [1.165, 1.54) is 17.5 Å². The molecule has 0 aliphatic rings. The van der Waals surface area contributed by atoms with Crippen molar-refractivity contribution >= 4 is 0 Å². The lowest BCUT2D eigenvalue weighted by atomic mass is 10.1. The maximum Gasteiger partial charge on any atom is 0.0233 e. The lowest BCUT2D eigenvalue weighted by molar-refractivity contribution is 0.314. The second-order valence-corrected chi connectivity index (χ2v) is 4.78. The topological polar surface area (TPSA) is 29.3 Å². The fraction of sp³-hybridized carbons (Fsp3) is 0.571. The van der Waals surface area contributed by atoms with E-state index < -0.39 is 0 Å². The average molecular weight is 220 g/mol. The minimum absolute atomic E-state index is 0.326. The van der Waals surface area contributed by atoms with Gasteiger partial charge >= 0.3 is 0 Å². The van der Waals surface area contributed by atoms with Gasteiger partial charge < -0.3 is 10.6 Å². The van der Waals surface area contributed by atoms with Crippen LogP contribution in [0.5, 0.6) is 0 Å². The van der Waals surface area contributed by atoms with E-state index in [-0.39, 0.29) is 0 Å². The van der Waals surface area contributed by atoms with E-state index in [1.54, 1.807) is 0 Å². The van der Waals surface area contributed by atoms with Crippen molar-refractivity contribution in [2.24, 2.45) is 5.73 Å². The fourth-order valence-corrected chi connectivity index (χ4v) is 1.84. The summed E-state index contributed by atoms with van der Waals surface area (Å²) in [6.07, 6.45) is 2.29. The zero-order valence-electron chi connectivity index (χ0n) is 10.7. The lowest BCUT2D eigenvalue weighted by Gasteiger charge is -2.18. The molecule has 0 amide bonds. The SMILES string of the molecule is Cc1ccccc1CN(C)CCCC(C)N. The molecule has 0 aliphatic carbocycles. The van der Waals surface area contributed by atoms with Gasteiger partial charge in [-0.1, -0.05) is 24.3 Å². The van der Waals surface area contributed by atoms with Crippen molar-refractivity contribution < 1.29 is 0 Å². The van der Waals surface area contributed by atoms with Crippen molar-refractivity contribution in [3.63, 3.8) is 0 Å². The van der Waals surface area contributed by atoms with Crippen molar-refractivity contribution in [1.29, 1.82) is 0 Å². The Labute approximate surface area is 99.5 Å². The molecule has 0 spiro atoms. The predicted molar refractivity (Wildman–Crippen MR) is 70.4 cm³/mol. The van der Waals surface area contributed by atoms with E-state index in [0.717, 1.165) is 19.5 Å². The highest BCUT2D eigenvalue weighted by atomic mass is 15.1. The minimum Gasteiger partial charge on any atom is -0.328 e. The third kappa shape index (κ3) is 4.77. The summed E-state index contributed by atoms with van der Waals surface area (Å²) in [7, 11) is 2.17. The Bertz CT molecular complexity index is 307. The van der Waals surface area contributed by atoms with Crippen LogP contribution in [0.1, 0.15) is 30.9 Å². The molecule has 2 nitrogen and oxygen atoms in total. The Morgan fingerprint density at radius 3 is 2.62 bits per heavy atom. The highest BCUT2D eigenvalue weighted by molar-refractivity contribution is 5.25. The van der Waals surface area contributed by atoms with Gasteiger partial charge in [-0.2, -0.15) is 0 Å². The molecule has 16 heavy (non-hydrogen) atoms. The van der Waals surface area contributed by atoms with Crippen LogP contribution in [0.4, 0.5) is 0 Å². The van der Waals surface area contributed by atoms with E-state index in [2.05, 4.69) is 50.1 Å². The van der Waals surface area contributed by atoms with Gasteiger partial charge in [0.05, 0.1) is 0 Å². The first kappa shape index (κ1) is 13.2. The molecule has 0 radical (unpaired) electrons. The van der Waals surface area contributed by atoms with E-state index in [0.29, 0.717) is 6.04 Å². The summed E-state index contributed by atoms with van der Waals surface area (Å²) < 4.78 is 0. The maximum absolute atomic E-state index is 5.74. The Hall–Kier alpha value is -0.860. The Morgan fingerprint density at radius 2 is 2.00 bits per heavy atom. The van der Waals surface area contributed by atoms with Gasteiger partial charge in [0.15, 0.2) is 0 Å². The number of nitrogens with zero attached hydrogens (tertiary/aromatic N) is 1. The van der Waals surface area contributed by atoms with Crippen LogP contribution < -0.4 is 5.73 Å². The molecule has 0 aromatic heterocycles. The largest absolute Gasteiger partial charge is 0.328 e. The summed E-state index contributed by atoms with van der Waals surface area (Å²) in [4.78, 5) is 2.37. The Kier molecular flexibility index (Phi) is 5.50. The van der Waals surface area contributed by atoms with Crippen molar-refractivity contribution in [2.45, 2.75) is 39.3 Å². The summed E-state index contributed by atoms with van der Waals surface area (Å²) in [5, 5.41) is 0. The molecule has 0 heterocycles. The third-order valence-corrected chi connectivity index (χ3v) is 2.90. The van der Waals surface area contributed by atoms with Gasteiger partial charge in [0.2, 0.25) is 0 Å². The van der Waals surface area contributed by atoms with E-state index in [9.17, 15) is 0 Å². The van der Waals surface area contributed by atoms with Crippen LogP contribution >= 0.6 is 0 Å². The summed E-state index contributed by atoms with van der Waals surface area (Å²) in [6.45, 7) is 6.40. The van der Waals surface area contributed by atoms with Gasteiger partial charge in [0.25, 0.3) is 0 Å². The highest BCUT2D eigenvalue weighted by Crippen LogP contribution is 2.09. The third-order valence-electron chi connectivity index (χ3n) is 2.90. The first-order valence-electron chi connectivity index (χ1n) is 6.08. The van der Waals surface area contributed by atoms with Gasteiger partial charge in [-0.15, -0.1) is 0 Å². The summed E-state index contributed by atoms with van der Waals surface area (Å²) >= 11 is 0. The molecule has 90 valence electrons. The van der Waals surface area contributed by atoms with Gasteiger partial charge in [-0.05, 0) is 51.4 Å². The van der Waals surface area contributed by atoms with Crippen molar-refractivity contribution in [3.8, 4) is 0 Å². The van der Waals surface area contributed by atoms with Gasteiger partial charge in [0, 0.05) is 12.6 Å². The van der Waals surface area contributed by atoms with Gasteiger partial charge in [-0.25, -0.2) is 0 Å². The van der Waals surface area contributed by atoms with Gasteiger partial charge in [0.1, 0.15) is 0 Å². The standard InChI is InChI=1S/C14H24N2/c1-12-7-4-5-9-14(12)11-16(3)10-6-8-13(2)15/h4-5,7,9,13H,6,8,10-11,15H2,1-3H3. The Morgan fingerprint density at radius 1 is 1.31 bits per heavy atom. The van der Waals surface area contributed by atoms with Crippen LogP contribution in [0.25, 0.3) is 0 Å². The highest BCUT2D eigenvalue weighted by Gasteiger charge is 2.03. The van der Waals surface area contributed by atoms with Gasteiger partial charge in [-0.3, -0.25) is 0 Å². The van der Waals surface area contributed by atoms with Crippen LogP contribution in [-0.4, -0.2) is 24.5 Å². The van der Waals surface area contributed by atoms with Crippen molar-refractivity contribution in [2.75, 3.05) is 13.6 Å². The number of hydrogen-bond acceptors (Lipinski definition) is 2. The van der Waals surface area contributed by atoms with E-state index in [1.807, 2.05) is 0 Å². The Balaban J connectivity index is 2.34. The second-order valence-electron chi connectivity index (χ2n) is 4.78. The van der Waals surface area contributed by atoms with Crippen LogP contribution in [0.3, 0.4) is 0 Å². The molecule has 1 aromatic carbocycles. The summed E-state index contributed by atoms with van der Waals surface area (Å²) in [6, 6.07) is 8.90. The molecule has 2 N–H and O–H groups in total. The smallest absolute Gasteiger partial charge is 0.0233 e. The number of benzene rings is 1. The van der Waals surface area contributed by atoms with Crippen LogP contribution in [0.2, 0.25) is 0 Å². The van der Waals surface area contributed by atoms with Crippen molar-refractivity contribution in [1.82, 2.24) is 4.90 Å². The first-order valence-corrected chi connectivity index (χ1v) is 6.08. The summed E-state index contributed by atoms with van der Waals surface area (Å²) in [5.74, 6) is 0. The molecule has 0 bridgehead atoms. The molecule has 1 atom stereocenters. The van der Waals surface area contributed by atoms with Crippen molar-refractivity contribution in [3.05, 3.63) is 35.4 Å². The fourth-order valence-electron chi connectivity index (χ4n) is 1.84. The molecule has 0 fully saturated rings. The van der Waals surface area contributed by atoms with Crippen LogP contribution in [0, 0.1) is 6.92 Å². The normalized spacial score (nSPS) is 13.1. The number of rotatable bonds is 6. The molecule has 0 aliphatic heterocycles. The molecule has 1 unspecified atom stereocenters. The predicted octanol–water partition coefficient (Wildman–Crippen LogP) is 2.55. The minimum atomic E-state index is 0.326. The quantitative estimate of drug-likeness (QED) is 0.798. The molecule has 0 saturated heterocycles. The maximum atomic E-state index is 5.74. The molecular formula is C14H24N2. The number of nitrogens with two attached hydrogens (primary N) is 1. The number of aryl methyl sites for hydroxylation is 1. The number of hydrogen-bond donors (Lipinski definition) is 1. The molecule has 2 heteroatoms. The lowest BCUT2D eigenvalue weighted by Crippen LogP contribution is -2.22. The van der Waals surface area contributed by atoms with E-state index in [4.69, 9.17) is 5.73 Å². The second kappa shape index (κ2) is 6.66. The molecule has 1 rings (SSSR count). The molecular weight excluding hydrogens is 196 g/mol. The monoisotopic (exact) mass is 220 g/mol. The molecule has 1 aromatic rings. The first-order chi connectivity index (χ1) is 7.59. The van der Waals surface area contributed by atoms with Crippen LogP contribution in [-0.2, 0) is 6.54 Å².